The Balaban J connectivity index is 2.60. The lowest BCUT2D eigenvalue weighted by atomic mass is 10.1. The number of benzene rings is 1. The van der Waals surface area contributed by atoms with E-state index in [4.69, 9.17) is 5.73 Å². The third-order valence-corrected chi connectivity index (χ3v) is 2.10. The predicted molar refractivity (Wildman–Crippen MR) is 54.0 cm³/mol. The quantitative estimate of drug-likeness (QED) is 0.728. The number of nitrogens with zero attached hydrogens (tertiary/aromatic N) is 1. The number of halogens is 2. The van der Waals surface area contributed by atoms with Gasteiger partial charge in [-0.15, -0.1) is 0 Å². The molecule has 0 unspecified atom stereocenters. The van der Waals surface area contributed by atoms with Crippen LogP contribution in [0.15, 0.2) is 36.7 Å². The fraction of sp³-hybridized carbons (Fsp3) is 0. The first-order chi connectivity index (χ1) is 7.20. The topological polar surface area (TPSA) is 38.9 Å². The van der Waals surface area contributed by atoms with Gasteiger partial charge in [-0.1, -0.05) is 6.07 Å². The normalized spacial score (nSPS) is 10.3. The van der Waals surface area contributed by atoms with Crippen molar-refractivity contribution in [2.24, 2.45) is 0 Å². The van der Waals surface area contributed by atoms with E-state index in [2.05, 4.69) is 4.98 Å². The fourth-order valence-corrected chi connectivity index (χ4v) is 1.31. The summed E-state index contributed by atoms with van der Waals surface area (Å²) in [5.74, 6) is -1.50. The van der Waals surface area contributed by atoms with Gasteiger partial charge in [0.25, 0.3) is 0 Å². The standard InChI is InChI=1S/C11H8F2N2/c12-9-4-3-8(10(13)11(9)14)7-2-1-5-15-6-7/h1-6H,14H2. The SMILES string of the molecule is Nc1c(F)ccc(-c2cccnc2)c1F. The average molecular weight is 206 g/mol. The van der Waals surface area contributed by atoms with Crippen LogP contribution in [0.3, 0.4) is 0 Å². The Labute approximate surface area is 85.4 Å². The van der Waals surface area contributed by atoms with Gasteiger partial charge in [0.2, 0.25) is 0 Å². The Morgan fingerprint density at radius 2 is 1.93 bits per heavy atom. The van der Waals surface area contributed by atoms with E-state index in [1.807, 2.05) is 0 Å². The Kier molecular flexibility index (Phi) is 2.33. The predicted octanol–water partition coefficient (Wildman–Crippen LogP) is 2.61. The molecule has 2 aromatic rings. The molecule has 2 nitrogen and oxygen atoms in total. The van der Waals surface area contributed by atoms with Crippen LogP contribution in [0, 0.1) is 11.6 Å². The second-order valence-corrected chi connectivity index (χ2v) is 3.06. The molecule has 0 aliphatic carbocycles. The number of anilines is 1. The molecular formula is C11H8F2N2. The highest BCUT2D eigenvalue weighted by Crippen LogP contribution is 2.27. The van der Waals surface area contributed by atoms with Crippen LogP contribution in [0.1, 0.15) is 0 Å². The minimum Gasteiger partial charge on any atom is -0.394 e. The van der Waals surface area contributed by atoms with Crippen molar-refractivity contribution in [3.63, 3.8) is 0 Å². The minimum absolute atomic E-state index is 0.252. The zero-order valence-electron chi connectivity index (χ0n) is 7.74. The molecule has 0 bridgehead atoms. The maximum Gasteiger partial charge on any atom is 0.156 e. The summed E-state index contributed by atoms with van der Waals surface area (Å²) in [5, 5.41) is 0. The highest BCUT2D eigenvalue weighted by molar-refractivity contribution is 5.67. The van der Waals surface area contributed by atoms with E-state index in [0.29, 0.717) is 5.56 Å². The lowest BCUT2D eigenvalue weighted by Crippen LogP contribution is -1.97. The second-order valence-electron chi connectivity index (χ2n) is 3.06. The highest BCUT2D eigenvalue weighted by Gasteiger charge is 2.11. The summed E-state index contributed by atoms with van der Waals surface area (Å²) < 4.78 is 26.5. The zero-order valence-corrected chi connectivity index (χ0v) is 7.74. The van der Waals surface area contributed by atoms with Gasteiger partial charge in [0.15, 0.2) is 5.82 Å². The van der Waals surface area contributed by atoms with E-state index in [1.165, 1.54) is 12.3 Å². The van der Waals surface area contributed by atoms with Gasteiger partial charge in [0.1, 0.15) is 11.5 Å². The van der Waals surface area contributed by atoms with Gasteiger partial charge in [-0.05, 0) is 18.2 Å². The molecule has 2 N–H and O–H groups in total. The molecule has 2 rings (SSSR count). The second kappa shape index (κ2) is 3.65. The van der Waals surface area contributed by atoms with Gasteiger partial charge in [0.05, 0.1) is 0 Å². The molecule has 0 saturated heterocycles. The molecule has 0 fully saturated rings. The van der Waals surface area contributed by atoms with Crippen molar-refractivity contribution in [1.82, 2.24) is 4.98 Å². The zero-order chi connectivity index (χ0) is 10.8. The highest BCUT2D eigenvalue weighted by atomic mass is 19.1. The van der Waals surface area contributed by atoms with E-state index in [1.54, 1.807) is 18.3 Å². The Bertz CT molecular complexity index is 483. The van der Waals surface area contributed by atoms with Crippen molar-refractivity contribution >= 4 is 5.69 Å². The van der Waals surface area contributed by atoms with Crippen LogP contribution >= 0.6 is 0 Å². The molecule has 15 heavy (non-hydrogen) atoms. The molecule has 0 amide bonds. The molecule has 0 aliphatic rings. The van der Waals surface area contributed by atoms with E-state index in [-0.39, 0.29) is 5.56 Å². The van der Waals surface area contributed by atoms with E-state index < -0.39 is 17.3 Å². The summed E-state index contributed by atoms with van der Waals surface area (Å²) >= 11 is 0. The van der Waals surface area contributed by atoms with Crippen molar-refractivity contribution in [3.05, 3.63) is 48.3 Å². The first kappa shape index (κ1) is 9.58. The van der Waals surface area contributed by atoms with Gasteiger partial charge >= 0.3 is 0 Å². The van der Waals surface area contributed by atoms with Crippen molar-refractivity contribution in [3.8, 4) is 11.1 Å². The van der Waals surface area contributed by atoms with Crippen molar-refractivity contribution in [1.29, 1.82) is 0 Å². The van der Waals surface area contributed by atoms with Crippen LogP contribution in [-0.4, -0.2) is 4.98 Å². The van der Waals surface area contributed by atoms with Gasteiger partial charge in [-0.3, -0.25) is 4.98 Å². The van der Waals surface area contributed by atoms with Crippen LogP contribution in [0.4, 0.5) is 14.5 Å². The summed E-state index contributed by atoms with van der Waals surface area (Å²) in [6, 6.07) is 5.84. The lowest BCUT2D eigenvalue weighted by molar-refractivity contribution is 0.594. The van der Waals surface area contributed by atoms with Gasteiger partial charge in [0, 0.05) is 23.5 Å². The Morgan fingerprint density at radius 1 is 1.13 bits per heavy atom. The van der Waals surface area contributed by atoms with Gasteiger partial charge < -0.3 is 5.73 Å². The van der Waals surface area contributed by atoms with Crippen LogP contribution in [0.5, 0.6) is 0 Å². The molecular weight excluding hydrogens is 198 g/mol. The van der Waals surface area contributed by atoms with E-state index in [0.717, 1.165) is 6.07 Å². The van der Waals surface area contributed by atoms with Crippen molar-refractivity contribution < 1.29 is 8.78 Å². The van der Waals surface area contributed by atoms with Crippen molar-refractivity contribution in [2.75, 3.05) is 5.73 Å². The minimum atomic E-state index is -0.750. The number of nitrogen functional groups attached to an aromatic ring is 1. The first-order valence-corrected chi connectivity index (χ1v) is 4.34. The molecule has 0 aliphatic heterocycles. The molecule has 0 atom stereocenters. The smallest absolute Gasteiger partial charge is 0.156 e. The summed E-state index contributed by atoms with van der Waals surface area (Å²) in [5.41, 5.74) is 5.61. The first-order valence-electron chi connectivity index (χ1n) is 4.34. The third-order valence-electron chi connectivity index (χ3n) is 2.10. The van der Waals surface area contributed by atoms with Crippen LogP contribution < -0.4 is 5.73 Å². The monoisotopic (exact) mass is 206 g/mol. The number of pyridine rings is 1. The van der Waals surface area contributed by atoms with Crippen LogP contribution in [0.2, 0.25) is 0 Å². The van der Waals surface area contributed by atoms with Crippen molar-refractivity contribution in [2.45, 2.75) is 0 Å². The average Bonchev–Trinajstić information content (AvgIpc) is 2.27. The molecule has 4 heteroatoms. The molecule has 0 spiro atoms. The Hall–Kier alpha value is -1.97. The maximum absolute atomic E-state index is 13.6. The summed E-state index contributed by atoms with van der Waals surface area (Å²) in [6.07, 6.45) is 3.07. The lowest BCUT2D eigenvalue weighted by Gasteiger charge is -2.05. The van der Waals surface area contributed by atoms with E-state index in [9.17, 15) is 8.78 Å². The number of hydrogen-bond donors (Lipinski definition) is 1. The number of aromatic nitrogens is 1. The molecule has 1 heterocycles. The molecule has 1 aromatic carbocycles. The summed E-state index contributed by atoms with van der Waals surface area (Å²) in [6.45, 7) is 0. The van der Waals surface area contributed by atoms with E-state index >= 15 is 0 Å². The number of nitrogens with two attached hydrogens (primary N) is 1. The summed E-state index contributed by atoms with van der Waals surface area (Å²) in [4.78, 5) is 3.85. The van der Waals surface area contributed by atoms with Gasteiger partial charge in [-0.25, -0.2) is 8.78 Å². The number of rotatable bonds is 1. The number of hydrogen-bond acceptors (Lipinski definition) is 2. The molecule has 76 valence electrons. The fourth-order valence-electron chi connectivity index (χ4n) is 1.31. The maximum atomic E-state index is 13.6. The molecule has 1 aromatic heterocycles. The molecule has 0 saturated carbocycles. The Morgan fingerprint density at radius 3 is 2.60 bits per heavy atom. The summed E-state index contributed by atoms with van der Waals surface area (Å²) in [7, 11) is 0. The molecule has 0 radical (unpaired) electrons. The largest absolute Gasteiger partial charge is 0.394 e. The van der Waals surface area contributed by atoms with Crippen LogP contribution in [-0.2, 0) is 0 Å². The third kappa shape index (κ3) is 1.66. The van der Waals surface area contributed by atoms with Crippen LogP contribution in [0.25, 0.3) is 11.1 Å². The van der Waals surface area contributed by atoms with Gasteiger partial charge in [-0.2, -0.15) is 0 Å².